The van der Waals surface area contributed by atoms with Crippen molar-refractivity contribution in [2.75, 3.05) is 26.7 Å². The molecule has 8 heteroatoms. The SMILES string of the molecule is COc1cc(C)[nH]c(=O)c1CCC(=O)c1c(C)c(C(C)C2CCN(CC(C)(C)F)CC2)n2ncccc12. The summed E-state index contributed by atoms with van der Waals surface area (Å²) in [6.45, 7) is 11.5. The number of ether oxygens (including phenoxy) is 1. The maximum Gasteiger partial charge on any atom is 0.255 e. The highest BCUT2D eigenvalue weighted by atomic mass is 19.1. The van der Waals surface area contributed by atoms with Crippen molar-refractivity contribution in [3.05, 3.63) is 62.8 Å². The maximum absolute atomic E-state index is 14.1. The molecule has 4 heterocycles. The van der Waals surface area contributed by atoms with Crippen molar-refractivity contribution in [2.45, 2.75) is 71.9 Å². The molecule has 0 amide bonds. The molecule has 0 radical (unpaired) electrons. The number of carbonyl (C=O) groups excluding carboxylic acids is 1. The number of H-pyrrole nitrogens is 1. The minimum absolute atomic E-state index is 0.0107. The first-order chi connectivity index (χ1) is 17.5. The lowest BCUT2D eigenvalue weighted by Gasteiger charge is -2.36. The van der Waals surface area contributed by atoms with E-state index in [2.05, 4.69) is 21.9 Å². The number of likely N-dealkylation sites (tertiary alicyclic amines) is 1. The van der Waals surface area contributed by atoms with E-state index in [0.29, 0.717) is 35.8 Å². The summed E-state index contributed by atoms with van der Waals surface area (Å²) in [4.78, 5) is 31.1. The van der Waals surface area contributed by atoms with Crippen molar-refractivity contribution in [3.63, 3.8) is 0 Å². The largest absolute Gasteiger partial charge is 0.496 e. The second-order valence-corrected chi connectivity index (χ2v) is 11.1. The second kappa shape index (κ2) is 10.8. The van der Waals surface area contributed by atoms with Gasteiger partial charge >= 0.3 is 0 Å². The number of Topliss-reactive ketones (excluding diaryl/α,β-unsaturated/α-hetero) is 1. The third-order valence-electron chi connectivity index (χ3n) is 7.69. The highest BCUT2D eigenvalue weighted by molar-refractivity contribution is 6.04. The summed E-state index contributed by atoms with van der Waals surface area (Å²) >= 11 is 0. The molecule has 200 valence electrons. The fourth-order valence-corrected chi connectivity index (χ4v) is 5.95. The summed E-state index contributed by atoms with van der Waals surface area (Å²) in [6.07, 6.45) is 4.21. The standard InChI is InChI=1S/C29H39FN4O3/c1-18-16-25(37-6)22(28(36)32-18)9-10-24(35)26-20(3)27(34-23(26)8-7-13-31-34)19(2)21-11-14-33(15-12-21)17-29(4,5)30/h7-8,13,16,19,21H,9-12,14-15,17H2,1-6H3,(H,32,36). The van der Waals surface area contributed by atoms with Gasteiger partial charge in [-0.25, -0.2) is 8.91 Å². The van der Waals surface area contributed by atoms with Crippen LogP contribution in [0.25, 0.3) is 5.52 Å². The molecule has 0 aromatic carbocycles. The predicted octanol–water partition coefficient (Wildman–Crippen LogP) is 5.03. The number of fused-ring (bicyclic) bond motifs is 1. The van der Waals surface area contributed by atoms with Crippen LogP contribution in [0.5, 0.6) is 5.75 Å². The van der Waals surface area contributed by atoms with Gasteiger partial charge in [-0.3, -0.25) is 9.59 Å². The molecular weight excluding hydrogens is 471 g/mol. The topological polar surface area (TPSA) is 79.7 Å². The Morgan fingerprint density at radius 3 is 2.65 bits per heavy atom. The van der Waals surface area contributed by atoms with Gasteiger partial charge in [0, 0.05) is 42.0 Å². The minimum Gasteiger partial charge on any atom is -0.496 e. The van der Waals surface area contributed by atoms with Crippen LogP contribution in [0, 0.1) is 19.8 Å². The summed E-state index contributed by atoms with van der Waals surface area (Å²) in [5.74, 6) is 1.12. The maximum atomic E-state index is 14.1. The number of aryl methyl sites for hydroxylation is 1. The van der Waals surface area contributed by atoms with E-state index in [4.69, 9.17) is 4.74 Å². The van der Waals surface area contributed by atoms with Crippen LogP contribution in [0.15, 0.2) is 29.2 Å². The lowest BCUT2D eigenvalue weighted by molar-refractivity contribution is 0.0912. The first-order valence-electron chi connectivity index (χ1n) is 13.2. The van der Waals surface area contributed by atoms with Crippen molar-refractivity contribution in [3.8, 4) is 5.75 Å². The Morgan fingerprint density at radius 1 is 1.30 bits per heavy atom. The first kappa shape index (κ1) is 27.0. The van der Waals surface area contributed by atoms with E-state index in [0.717, 1.165) is 48.4 Å². The summed E-state index contributed by atoms with van der Waals surface area (Å²) in [5, 5.41) is 4.62. The van der Waals surface area contributed by atoms with Gasteiger partial charge < -0.3 is 14.6 Å². The van der Waals surface area contributed by atoms with E-state index in [1.807, 2.05) is 23.6 Å². The van der Waals surface area contributed by atoms with Crippen LogP contribution in [0.2, 0.25) is 0 Å². The van der Waals surface area contributed by atoms with E-state index in [1.165, 1.54) is 7.11 Å². The van der Waals surface area contributed by atoms with Gasteiger partial charge in [0.05, 0.1) is 18.2 Å². The molecule has 1 saturated heterocycles. The normalized spacial score (nSPS) is 16.3. The van der Waals surface area contributed by atoms with Crippen molar-refractivity contribution in [1.29, 1.82) is 0 Å². The minimum atomic E-state index is -1.20. The lowest BCUT2D eigenvalue weighted by atomic mass is 9.82. The zero-order chi connectivity index (χ0) is 26.9. The number of halogens is 1. The molecule has 0 spiro atoms. The van der Waals surface area contributed by atoms with E-state index >= 15 is 0 Å². The van der Waals surface area contributed by atoms with Gasteiger partial charge in [-0.15, -0.1) is 0 Å². The van der Waals surface area contributed by atoms with E-state index in [9.17, 15) is 14.0 Å². The van der Waals surface area contributed by atoms with E-state index in [1.54, 1.807) is 33.0 Å². The number of hydrogen-bond acceptors (Lipinski definition) is 5. The number of pyridine rings is 1. The summed E-state index contributed by atoms with van der Waals surface area (Å²) in [7, 11) is 1.54. The molecule has 37 heavy (non-hydrogen) atoms. The molecule has 0 bridgehead atoms. The molecule has 1 fully saturated rings. The number of ketones is 1. The van der Waals surface area contributed by atoms with E-state index in [-0.39, 0.29) is 23.7 Å². The number of aromatic nitrogens is 3. The summed E-state index contributed by atoms with van der Waals surface area (Å²) in [5.41, 5.74) is 3.28. The van der Waals surface area contributed by atoms with Crippen LogP contribution in [-0.4, -0.2) is 57.7 Å². The van der Waals surface area contributed by atoms with Crippen LogP contribution in [0.3, 0.4) is 0 Å². The number of rotatable bonds is 9. The highest BCUT2D eigenvalue weighted by Crippen LogP contribution is 2.37. The number of nitrogens with zero attached hydrogens (tertiary/aromatic N) is 3. The van der Waals surface area contributed by atoms with Crippen molar-refractivity contribution >= 4 is 11.3 Å². The number of methoxy groups -OCH3 is 1. The van der Waals surface area contributed by atoms with E-state index < -0.39 is 5.67 Å². The van der Waals surface area contributed by atoms with Crippen LogP contribution in [0.4, 0.5) is 4.39 Å². The molecule has 3 aromatic heterocycles. The van der Waals surface area contributed by atoms with Gasteiger partial charge in [-0.2, -0.15) is 5.10 Å². The number of aromatic amines is 1. The lowest BCUT2D eigenvalue weighted by Crippen LogP contribution is -2.41. The van der Waals surface area contributed by atoms with Gasteiger partial charge in [-0.05, 0) is 89.7 Å². The number of nitrogens with one attached hydrogen (secondary N) is 1. The molecule has 1 atom stereocenters. The zero-order valence-electron chi connectivity index (χ0n) is 22.9. The molecule has 1 N–H and O–H groups in total. The Hall–Kier alpha value is -3.00. The molecule has 1 aliphatic heterocycles. The third kappa shape index (κ3) is 5.79. The predicted molar refractivity (Wildman–Crippen MR) is 144 cm³/mol. The summed E-state index contributed by atoms with van der Waals surface area (Å²) in [6, 6.07) is 5.57. The monoisotopic (exact) mass is 510 g/mol. The molecule has 3 aromatic rings. The van der Waals surface area contributed by atoms with Gasteiger partial charge in [0.1, 0.15) is 11.4 Å². The Bertz CT molecular complexity index is 1330. The summed E-state index contributed by atoms with van der Waals surface area (Å²) < 4.78 is 21.5. The van der Waals surface area contributed by atoms with Crippen molar-refractivity contribution < 1.29 is 13.9 Å². The Labute approximate surface area is 218 Å². The Balaban J connectivity index is 1.58. The average Bonchev–Trinajstić information content (AvgIpc) is 3.13. The van der Waals surface area contributed by atoms with Gasteiger partial charge in [0.15, 0.2) is 5.78 Å². The number of carbonyl (C=O) groups is 1. The molecule has 7 nitrogen and oxygen atoms in total. The highest BCUT2D eigenvalue weighted by Gasteiger charge is 2.32. The smallest absolute Gasteiger partial charge is 0.255 e. The third-order valence-corrected chi connectivity index (χ3v) is 7.69. The average molecular weight is 511 g/mol. The van der Waals surface area contributed by atoms with Crippen LogP contribution >= 0.6 is 0 Å². The Kier molecular flexibility index (Phi) is 7.88. The van der Waals surface area contributed by atoms with Gasteiger partial charge in [0.2, 0.25) is 0 Å². The van der Waals surface area contributed by atoms with Crippen LogP contribution < -0.4 is 10.3 Å². The van der Waals surface area contributed by atoms with Crippen LogP contribution in [-0.2, 0) is 6.42 Å². The van der Waals surface area contributed by atoms with Crippen molar-refractivity contribution in [2.24, 2.45) is 5.92 Å². The molecule has 0 saturated carbocycles. The zero-order valence-corrected chi connectivity index (χ0v) is 22.9. The number of alkyl halides is 1. The molecule has 0 aliphatic carbocycles. The fraction of sp³-hybridized carbons (Fsp3) is 0.552. The number of piperidine rings is 1. The second-order valence-electron chi connectivity index (χ2n) is 11.1. The quantitative estimate of drug-likeness (QED) is 0.409. The van der Waals surface area contributed by atoms with Gasteiger partial charge in [0.25, 0.3) is 5.56 Å². The molecule has 1 aliphatic rings. The first-order valence-corrected chi connectivity index (χ1v) is 13.2. The van der Waals surface area contributed by atoms with Crippen LogP contribution in [0.1, 0.15) is 78.8 Å². The van der Waals surface area contributed by atoms with Crippen molar-refractivity contribution in [1.82, 2.24) is 19.5 Å². The molecule has 1 unspecified atom stereocenters. The molecule has 4 rings (SSSR count). The number of hydrogen-bond donors (Lipinski definition) is 1. The molecular formula is C29H39FN4O3. The fourth-order valence-electron chi connectivity index (χ4n) is 5.95. The Morgan fingerprint density at radius 2 is 2.00 bits per heavy atom. The van der Waals surface area contributed by atoms with Gasteiger partial charge in [-0.1, -0.05) is 6.92 Å².